The molecule has 0 saturated heterocycles. The summed E-state index contributed by atoms with van der Waals surface area (Å²) in [7, 11) is 0. The molecule has 0 fully saturated rings. The zero-order chi connectivity index (χ0) is 26.2. The molecule has 3 N–H and O–H groups in total. The van der Waals surface area contributed by atoms with Crippen molar-refractivity contribution in [2.45, 2.75) is 57.7 Å². The second-order valence-electron chi connectivity index (χ2n) is 10.5. The molecule has 1 aromatic carbocycles. The Hall–Kier alpha value is -4.27. The molecule has 9 heteroatoms. The number of anilines is 1. The average Bonchev–Trinajstić information content (AvgIpc) is 3.37. The smallest absolute Gasteiger partial charge is 0.407 e. The molecule has 0 bridgehead atoms. The molecule has 1 spiro atoms. The zero-order valence-electron chi connectivity index (χ0n) is 21.1. The molecule has 9 nitrogen and oxygen atoms in total. The van der Waals surface area contributed by atoms with Crippen LogP contribution in [0.25, 0.3) is 0 Å². The van der Waals surface area contributed by atoms with Crippen molar-refractivity contribution in [2.24, 2.45) is 0 Å². The van der Waals surface area contributed by atoms with Crippen LogP contribution < -0.4 is 16.0 Å². The van der Waals surface area contributed by atoms with Crippen molar-refractivity contribution in [3.8, 4) is 0 Å². The third-order valence-electron chi connectivity index (χ3n) is 6.57. The first kappa shape index (κ1) is 24.4. The first-order valence-electron chi connectivity index (χ1n) is 12.2. The number of amides is 3. The SMILES string of the molecule is CC(C)(C)OC(=O)NCc1cccc(CNC(=O)c2cc3c(cn2)CC2(C3)C(=O)Nc3ncccc32)c1. The molecular formula is C28H29N5O4. The zero-order valence-corrected chi connectivity index (χ0v) is 21.1. The summed E-state index contributed by atoms with van der Waals surface area (Å²) in [5.41, 5.74) is 3.64. The van der Waals surface area contributed by atoms with Gasteiger partial charge in [0.1, 0.15) is 17.1 Å². The number of rotatable bonds is 5. The van der Waals surface area contributed by atoms with Gasteiger partial charge in [-0.05, 0) is 68.0 Å². The Bertz CT molecular complexity index is 1400. The molecule has 190 valence electrons. The third kappa shape index (κ3) is 5.02. The van der Waals surface area contributed by atoms with Crippen molar-refractivity contribution in [3.63, 3.8) is 0 Å². The molecule has 0 saturated carbocycles. The topological polar surface area (TPSA) is 122 Å². The van der Waals surface area contributed by atoms with Crippen molar-refractivity contribution in [2.75, 3.05) is 5.32 Å². The summed E-state index contributed by atoms with van der Waals surface area (Å²) in [6, 6.07) is 13.1. The number of pyridine rings is 2. The normalized spacial score (nSPS) is 17.6. The van der Waals surface area contributed by atoms with Gasteiger partial charge >= 0.3 is 6.09 Å². The highest BCUT2D eigenvalue weighted by Gasteiger charge is 2.51. The summed E-state index contributed by atoms with van der Waals surface area (Å²) in [5.74, 6) is 0.248. The Morgan fingerprint density at radius 1 is 1.00 bits per heavy atom. The lowest BCUT2D eigenvalue weighted by molar-refractivity contribution is -0.120. The van der Waals surface area contributed by atoms with Crippen LogP contribution in [0.5, 0.6) is 0 Å². The van der Waals surface area contributed by atoms with Gasteiger partial charge in [0.25, 0.3) is 5.91 Å². The van der Waals surface area contributed by atoms with E-state index < -0.39 is 17.1 Å². The largest absolute Gasteiger partial charge is 0.444 e. The molecule has 0 radical (unpaired) electrons. The maximum atomic E-state index is 12.9. The number of carbonyl (C=O) groups is 3. The fraction of sp³-hybridized carbons (Fsp3) is 0.321. The number of nitrogens with zero attached hydrogens (tertiary/aromatic N) is 2. The van der Waals surface area contributed by atoms with Crippen molar-refractivity contribution >= 4 is 23.7 Å². The second kappa shape index (κ2) is 9.31. The van der Waals surface area contributed by atoms with E-state index in [2.05, 4.69) is 25.9 Å². The van der Waals surface area contributed by atoms with Crippen molar-refractivity contribution in [3.05, 3.63) is 88.4 Å². The lowest BCUT2D eigenvalue weighted by Crippen LogP contribution is -2.35. The minimum atomic E-state index is -0.698. The maximum Gasteiger partial charge on any atom is 0.407 e. The molecular weight excluding hydrogens is 470 g/mol. The molecule has 2 aliphatic rings. The molecule has 3 aromatic rings. The number of aromatic nitrogens is 2. The monoisotopic (exact) mass is 499 g/mol. The van der Waals surface area contributed by atoms with Crippen molar-refractivity contribution < 1.29 is 19.1 Å². The molecule has 1 unspecified atom stereocenters. The quantitative estimate of drug-likeness (QED) is 0.495. The van der Waals surface area contributed by atoms with Gasteiger partial charge in [0, 0.05) is 31.0 Å². The van der Waals surface area contributed by atoms with Crippen LogP contribution in [0.3, 0.4) is 0 Å². The van der Waals surface area contributed by atoms with E-state index in [0.717, 1.165) is 27.8 Å². The minimum Gasteiger partial charge on any atom is -0.444 e. The summed E-state index contributed by atoms with van der Waals surface area (Å²) in [6.07, 6.45) is 3.92. The van der Waals surface area contributed by atoms with Crippen LogP contribution in [0.15, 0.2) is 54.9 Å². The van der Waals surface area contributed by atoms with Gasteiger partial charge in [0.05, 0.1) is 5.41 Å². The van der Waals surface area contributed by atoms with Crippen LogP contribution in [0.4, 0.5) is 10.6 Å². The van der Waals surface area contributed by atoms with Gasteiger partial charge in [-0.2, -0.15) is 0 Å². The average molecular weight is 500 g/mol. The molecule has 3 amide bonds. The van der Waals surface area contributed by atoms with E-state index in [0.29, 0.717) is 37.4 Å². The predicted octanol–water partition coefficient (Wildman–Crippen LogP) is 3.42. The highest BCUT2D eigenvalue weighted by Crippen LogP contribution is 2.46. The number of alkyl carbamates (subject to hydrolysis) is 1. The van der Waals surface area contributed by atoms with Gasteiger partial charge in [0.15, 0.2) is 0 Å². The van der Waals surface area contributed by atoms with E-state index in [1.54, 1.807) is 18.5 Å². The van der Waals surface area contributed by atoms with Crippen molar-refractivity contribution in [1.82, 2.24) is 20.6 Å². The first-order chi connectivity index (χ1) is 17.6. The van der Waals surface area contributed by atoms with E-state index in [1.165, 1.54) is 0 Å². The number of hydrogen-bond donors (Lipinski definition) is 3. The van der Waals surface area contributed by atoms with E-state index in [9.17, 15) is 14.4 Å². The first-order valence-corrected chi connectivity index (χ1v) is 12.2. The Kier molecular flexibility index (Phi) is 6.15. The highest BCUT2D eigenvalue weighted by molar-refractivity contribution is 6.06. The lowest BCUT2D eigenvalue weighted by Gasteiger charge is -2.20. The fourth-order valence-electron chi connectivity index (χ4n) is 4.89. The molecule has 37 heavy (non-hydrogen) atoms. The summed E-state index contributed by atoms with van der Waals surface area (Å²) in [5, 5.41) is 8.54. The Morgan fingerprint density at radius 3 is 2.49 bits per heavy atom. The second-order valence-corrected chi connectivity index (χ2v) is 10.5. The van der Waals surface area contributed by atoms with Crippen molar-refractivity contribution in [1.29, 1.82) is 0 Å². The minimum absolute atomic E-state index is 0.0653. The van der Waals surface area contributed by atoms with Gasteiger partial charge in [0.2, 0.25) is 5.91 Å². The van der Waals surface area contributed by atoms with Crippen LogP contribution in [0.1, 0.15) is 59.1 Å². The van der Waals surface area contributed by atoms with Crippen LogP contribution >= 0.6 is 0 Å². The van der Waals surface area contributed by atoms with E-state index in [1.807, 2.05) is 57.2 Å². The van der Waals surface area contributed by atoms with E-state index in [4.69, 9.17) is 4.74 Å². The Balaban J connectivity index is 1.21. The summed E-state index contributed by atoms with van der Waals surface area (Å²) in [4.78, 5) is 46.4. The Labute approximate surface area is 215 Å². The number of carbonyl (C=O) groups excluding carboxylic acids is 3. The summed E-state index contributed by atoms with van der Waals surface area (Å²) in [6.45, 7) is 6.06. The number of fused-ring (bicyclic) bond motifs is 3. The predicted molar refractivity (Wildman–Crippen MR) is 137 cm³/mol. The van der Waals surface area contributed by atoms with Gasteiger partial charge in [-0.3, -0.25) is 14.6 Å². The van der Waals surface area contributed by atoms with Crippen LogP contribution in [0, 0.1) is 0 Å². The molecule has 1 aliphatic carbocycles. The molecule has 1 aliphatic heterocycles. The number of hydrogen-bond acceptors (Lipinski definition) is 6. The number of nitrogens with one attached hydrogen (secondary N) is 3. The standard InChI is InChI=1S/C28H29N5O4/c1-27(2,3)37-26(36)32-15-18-7-4-6-17(10-18)14-31-24(34)22-11-19-12-28(13-20(19)16-30-22)21-8-5-9-29-23(21)33-25(28)35/h4-11,16H,12-15H2,1-3H3,(H,31,34)(H,32,36)(H,29,33,35). The summed E-state index contributed by atoms with van der Waals surface area (Å²) >= 11 is 0. The molecule has 5 rings (SSSR count). The lowest BCUT2D eigenvalue weighted by atomic mass is 9.79. The van der Waals surface area contributed by atoms with Crippen LogP contribution in [-0.4, -0.2) is 33.5 Å². The third-order valence-corrected chi connectivity index (χ3v) is 6.57. The summed E-state index contributed by atoms with van der Waals surface area (Å²) < 4.78 is 5.26. The highest BCUT2D eigenvalue weighted by atomic mass is 16.6. The maximum absolute atomic E-state index is 12.9. The van der Waals surface area contributed by atoms with Gasteiger partial charge < -0.3 is 20.7 Å². The van der Waals surface area contributed by atoms with Crippen LogP contribution in [-0.2, 0) is 40.9 Å². The van der Waals surface area contributed by atoms with E-state index in [-0.39, 0.29) is 11.8 Å². The number of benzene rings is 1. The van der Waals surface area contributed by atoms with E-state index >= 15 is 0 Å². The molecule has 1 atom stereocenters. The van der Waals surface area contributed by atoms with Gasteiger partial charge in [-0.25, -0.2) is 9.78 Å². The fourth-order valence-corrected chi connectivity index (χ4v) is 4.89. The number of ether oxygens (including phenoxy) is 1. The Morgan fingerprint density at radius 2 is 1.73 bits per heavy atom. The molecule has 2 aromatic heterocycles. The van der Waals surface area contributed by atoms with Gasteiger partial charge in [-0.1, -0.05) is 30.3 Å². The molecule has 3 heterocycles. The van der Waals surface area contributed by atoms with Gasteiger partial charge in [-0.15, -0.1) is 0 Å². The van der Waals surface area contributed by atoms with Crippen LogP contribution in [0.2, 0.25) is 0 Å².